The maximum absolute atomic E-state index is 13.4. The largest absolute Gasteiger partial charge is 0.324 e. The second-order valence-corrected chi connectivity index (χ2v) is 4.34. The van der Waals surface area contributed by atoms with Crippen LogP contribution in [0.3, 0.4) is 0 Å². The molecule has 18 heavy (non-hydrogen) atoms. The van der Waals surface area contributed by atoms with Gasteiger partial charge >= 0.3 is 0 Å². The summed E-state index contributed by atoms with van der Waals surface area (Å²) < 4.78 is 65.6. The van der Waals surface area contributed by atoms with Gasteiger partial charge in [-0.2, -0.15) is 0 Å². The predicted octanol–water partition coefficient (Wildman–Crippen LogP) is 3.82. The van der Waals surface area contributed by atoms with E-state index in [1.54, 1.807) is 6.92 Å². The molecule has 0 aliphatic heterocycles. The van der Waals surface area contributed by atoms with Gasteiger partial charge in [0.15, 0.2) is 23.3 Å². The topological polar surface area (TPSA) is 26.0 Å². The van der Waals surface area contributed by atoms with Crippen LogP contribution in [0.5, 0.6) is 0 Å². The van der Waals surface area contributed by atoms with Crippen molar-refractivity contribution < 1.29 is 22.0 Å². The number of nitrogens with two attached hydrogens (primary N) is 1. The third-order valence-corrected chi connectivity index (χ3v) is 2.97. The van der Waals surface area contributed by atoms with Crippen molar-refractivity contribution in [1.82, 2.24) is 0 Å². The fourth-order valence-electron chi connectivity index (χ4n) is 1.67. The van der Waals surface area contributed by atoms with Gasteiger partial charge in [-0.1, -0.05) is 20.3 Å². The molecule has 1 nitrogen and oxygen atoms in total. The van der Waals surface area contributed by atoms with Crippen molar-refractivity contribution in [3.63, 3.8) is 0 Å². The van der Waals surface area contributed by atoms with Crippen molar-refractivity contribution in [2.24, 2.45) is 11.7 Å². The predicted molar refractivity (Wildman–Crippen MR) is 57.2 cm³/mol. The summed E-state index contributed by atoms with van der Waals surface area (Å²) in [6.45, 7) is 3.63. The summed E-state index contributed by atoms with van der Waals surface area (Å²) in [6.07, 6.45) is 0.845. The van der Waals surface area contributed by atoms with Crippen LogP contribution in [-0.4, -0.2) is 0 Å². The molecular weight excluding hydrogens is 253 g/mol. The van der Waals surface area contributed by atoms with E-state index in [0.717, 1.165) is 0 Å². The zero-order valence-electron chi connectivity index (χ0n) is 10.0. The van der Waals surface area contributed by atoms with Gasteiger partial charge in [-0.15, -0.1) is 0 Å². The molecule has 0 aromatic heterocycles. The monoisotopic (exact) mass is 267 g/mol. The molecule has 0 fully saturated rings. The first-order valence-corrected chi connectivity index (χ1v) is 5.58. The quantitative estimate of drug-likeness (QED) is 0.501. The standard InChI is InChI=1S/C12H14F5N/c1-3-5(2)4-6(18)7-8(13)10(15)12(17)11(16)9(7)14/h5-6H,3-4,18H2,1-2H3. The minimum atomic E-state index is -2.16. The normalized spacial score (nSPS) is 14.7. The third kappa shape index (κ3) is 2.63. The van der Waals surface area contributed by atoms with Crippen LogP contribution in [0.25, 0.3) is 0 Å². The third-order valence-electron chi connectivity index (χ3n) is 2.97. The van der Waals surface area contributed by atoms with Crippen molar-refractivity contribution in [3.05, 3.63) is 34.6 Å². The van der Waals surface area contributed by atoms with Gasteiger partial charge < -0.3 is 5.73 Å². The second-order valence-electron chi connectivity index (χ2n) is 4.34. The van der Waals surface area contributed by atoms with Crippen LogP contribution in [0.2, 0.25) is 0 Å². The Bertz CT molecular complexity index is 418. The van der Waals surface area contributed by atoms with E-state index in [0.29, 0.717) is 6.42 Å². The van der Waals surface area contributed by atoms with E-state index in [1.165, 1.54) is 0 Å². The molecule has 1 aromatic carbocycles. The molecule has 2 N–H and O–H groups in total. The Hall–Kier alpha value is -1.17. The summed E-state index contributed by atoms with van der Waals surface area (Å²) in [5.41, 5.74) is 4.59. The van der Waals surface area contributed by atoms with E-state index >= 15 is 0 Å². The number of rotatable bonds is 4. The maximum atomic E-state index is 13.4. The highest BCUT2D eigenvalue weighted by Crippen LogP contribution is 2.30. The van der Waals surface area contributed by atoms with Gasteiger partial charge in [0.1, 0.15) is 0 Å². The van der Waals surface area contributed by atoms with Gasteiger partial charge in [0.05, 0.1) is 0 Å². The molecular formula is C12H14F5N. The Morgan fingerprint density at radius 3 is 1.67 bits per heavy atom. The molecule has 1 aromatic rings. The lowest BCUT2D eigenvalue weighted by Crippen LogP contribution is -2.20. The smallest absolute Gasteiger partial charge is 0.200 e. The van der Waals surface area contributed by atoms with Crippen molar-refractivity contribution in [2.45, 2.75) is 32.7 Å². The molecule has 0 saturated carbocycles. The molecule has 0 aliphatic carbocycles. The van der Waals surface area contributed by atoms with Crippen molar-refractivity contribution >= 4 is 0 Å². The second kappa shape index (κ2) is 5.65. The van der Waals surface area contributed by atoms with E-state index < -0.39 is 40.7 Å². The summed E-state index contributed by atoms with van der Waals surface area (Å²) in [6, 6.07) is -1.22. The molecule has 1 rings (SSSR count). The summed E-state index contributed by atoms with van der Waals surface area (Å²) >= 11 is 0. The van der Waals surface area contributed by atoms with Crippen LogP contribution in [0.1, 0.15) is 38.3 Å². The fraction of sp³-hybridized carbons (Fsp3) is 0.500. The first-order valence-electron chi connectivity index (χ1n) is 5.58. The Kier molecular flexibility index (Phi) is 4.67. The Morgan fingerprint density at radius 2 is 1.28 bits per heavy atom. The summed E-state index contributed by atoms with van der Waals surface area (Å²) in [4.78, 5) is 0. The van der Waals surface area contributed by atoms with Crippen LogP contribution in [-0.2, 0) is 0 Å². The van der Waals surface area contributed by atoms with Crippen LogP contribution in [0.4, 0.5) is 22.0 Å². The molecule has 6 heteroatoms. The molecule has 0 aliphatic rings. The molecule has 0 amide bonds. The average Bonchev–Trinajstić information content (AvgIpc) is 2.34. The molecule has 2 atom stereocenters. The highest BCUT2D eigenvalue weighted by atomic mass is 19.2. The van der Waals surface area contributed by atoms with Gasteiger partial charge in [-0.25, -0.2) is 22.0 Å². The molecule has 0 saturated heterocycles. The minimum Gasteiger partial charge on any atom is -0.324 e. The van der Waals surface area contributed by atoms with Gasteiger partial charge in [-0.05, 0) is 12.3 Å². The number of benzene rings is 1. The Balaban J connectivity index is 3.24. The zero-order chi connectivity index (χ0) is 14.0. The van der Waals surface area contributed by atoms with Crippen molar-refractivity contribution in [3.8, 4) is 0 Å². The molecule has 0 spiro atoms. The van der Waals surface area contributed by atoms with E-state index in [-0.39, 0.29) is 12.3 Å². The molecule has 0 heterocycles. The zero-order valence-corrected chi connectivity index (χ0v) is 10.0. The summed E-state index contributed by atoms with van der Waals surface area (Å²) in [5, 5.41) is 0. The SMILES string of the molecule is CCC(C)CC(N)c1c(F)c(F)c(F)c(F)c1F. The lowest BCUT2D eigenvalue weighted by molar-refractivity contribution is 0.354. The van der Waals surface area contributed by atoms with Crippen molar-refractivity contribution in [2.75, 3.05) is 0 Å². The average molecular weight is 267 g/mol. The highest BCUT2D eigenvalue weighted by molar-refractivity contribution is 5.26. The molecule has 0 bridgehead atoms. The first kappa shape index (κ1) is 14.9. The fourth-order valence-corrected chi connectivity index (χ4v) is 1.67. The van der Waals surface area contributed by atoms with E-state index in [9.17, 15) is 22.0 Å². The highest BCUT2D eigenvalue weighted by Gasteiger charge is 2.29. The van der Waals surface area contributed by atoms with Crippen LogP contribution in [0, 0.1) is 35.0 Å². The van der Waals surface area contributed by atoms with Crippen LogP contribution < -0.4 is 5.73 Å². The molecule has 2 unspecified atom stereocenters. The molecule has 102 valence electrons. The number of hydrogen-bond acceptors (Lipinski definition) is 1. The van der Waals surface area contributed by atoms with Crippen molar-refractivity contribution in [1.29, 1.82) is 0 Å². The number of halogens is 5. The van der Waals surface area contributed by atoms with E-state index in [2.05, 4.69) is 0 Å². The Labute approximate surface area is 102 Å². The lowest BCUT2D eigenvalue weighted by Gasteiger charge is -2.18. The summed E-state index contributed by atoms with van der Waals surface area (Å²) in [7, 11) is 0. The van der Waals surface area contributed by atoms with Gasteiger partial charge in [0, 0.05) is 11.6 Å². The Morgan fingerprint density at radius 1 is 0.889 bits per heavy atom. The van der Waals surface area contributed by atoms with E-state index in [4.69, 9.17) is 5.73 Å². The molecule has 0 radical (unpaired) electrons. The van der Waals surface area contributed by atoms with Gasteiger partial charge in [-0.3, -0.25) is 0 Å². The summed E-state index contributed by atoms with van der Waals surface area (Å²) in [5.74, 6) is -9.74. The van der Waals surface area contributed by atoms with E-state index in [1.807, 2.05) is 6.92 Å². The van der Waals surface area contributed by atoms with Gasteiger partial charge in [0.2, 0.25) is 5.82 Å². The lowest BCUT2D eigenvalue weighted by atomic mass is 9.94. The van der Waals surface area contributed by atoms with Crippen LogP contribution in [0.15, 0.2) is 0 Å². The minimum absolute atomic E-state index is 0.0231. The van der Waals surface area contributed by atoms with Gasteiger partial charge in [0.25, 0.3) is 0 Å². The number of hydrogen-bond donors (Lipinski definition) is 1. The van der Waals surface area contributed by atoms with Crippen LogP contribution >= 0.6 is 0 Å². The first-order chi connectivity index (χ1) is 8.31. The maximum Gasteiger partial charge on any atom is 0.200 e.